The van der Waals surface area contributed by atoms with Crippen molar-refractivity contribution >= 4 is 5.91 Å². The first-order valence-electron chi connectivity index (χ1n) is 9.05. The summed E-state index contributed by atoms with van der Waals surface area (Å²) < 4.78 is 2.32. The van der Waals surface area contributed by atoms with E-state index in [4.69, 9.17) is 0 Å². The first kappa shape index (κ1) is 16.4. The lowest BCUT2D eigenvalue weighted by atomic mass is 9.98. The van der Waals surface area contributed by atoms with Gasteiger partial charge in [-0.15, -0.1) is 10.2 Å². The van der Waals surface area contributed by atoms with Crippen LogP contribution in [0.15, 0.2) is 0 Å². The molecule has 6 heteroatoms. The van der Waals surface area contributed by atoms with Gasteiger partial charge in [-0.3, -0.25) is 4.79 Å². The molecule has 128 valence electrons. The summed E-state index contributed by atoms with van der Waals surface area (Å²) in [6, 6.07) is 0. The number of nitrogens with one attached hydrogen (secondary N) is 1. The Morgan fingerprint density at radius 3 is 2.91 bits per heavy atom. The molecular formula is C17H29N5O. The zero-order valence-corrected chi connectivity index (χ0v) is 14.4. The van der Waals surface area contributed by atoms with Crippen LogP contribution in [-0.2, 0) is 17.8 Å². The quantitative estimate of drug-likeness (QED) is 0.775. The smallest absolute Gasteiger partial charge is 0.222 e. The number of aromatic nitrogens is 3. The van der Waals surface area contributed by atoms with Crippen LogP contribution in [0.2, 0.25) is 0 Å². The number of carbonyl (C=O) groups excluding carboxylic acids is 1. The fourth-order valence-electron chi connectivity index (χ4n) is 3.65. The average molecular weight is 319 g/mol. The highest BCUT2D eigenvalue weighted by Crippen LogP contribution is 2.23. The fraction of sp³-hybridized carbons (Fsp3) is 0.824. The van der Waals surface area contributed by atoms with E-state index in [-0.39, 0.29) is 0 Å². The fourth-order valence-corrected chi connectivity index (χ4v) is 3.65. The molecule has 3 rings (SSSR count). The first-order valence-corrected chi connectivity index (χ1v) is 9.05. The Morgan fingerprint density at radius 2 is 2.17 bits per heavy atom. The normalized spacial score (nSPS) is 21.3. The van der Waals surface area contributed by atoms with E-state index in [0.29, 0.717) is 17.7 Å². The van der Waals surface area contributed by atoms with Crippen molar-refractivity contribution < 1.29 is 4.79 Å². The summed E-state index contributed by atoms with van der Waals surface area (Å²) >= 11 is 0. The average Bonchev–Trinajstić information content (AvgIpc) is 3.13. The second kappa shape index (κ2) is 7.43. The molecule has 6 nitrogen and oxygen atoms in total. The molecule has 1 N–H and O–H groups in total. The summed E-state index contributed by atoms with van der Waals surface area (Å²) in [5.74, 6) is 3.69. The summed E-state index contributed by atoms with van der Waals surface area (Å²) in [4.78, 5) is 13.6. The molecule has 23 heavy (non-hydrogen) atoms. The van der Waals surface area contributed by atoms with Crippen molar-refractivity contribution in [2.24, 2.45) is 5.92 Å². The van der Waals surface area contributed by atoms with E-state index in [1.807, 2.05) is 4.90 Å². The summed E-state index contributed by atoms with van der Waals surface area (Å²) in [6.07, 6.45) is 5.05. The third-order valence-electron chi connectivity index (χ3n) is 4.98. The maximum absolute atomic E-state index is 11.6. The van der Waals surface area contributed by atoms with E-state index in [1.54, 1.807) is 0 Å². The standard InChI is InChI=1S/C17H29N5O/c1-13(2)17-20-19-15-7-6-14(12-22(15)17)11-18-8-4-10-21-9-3-5-16(21)23/h13-14,18H,3-12H2,1-2H3/t14-/m1/s1. The van der Waals surface area contributed by atoms with Crippen molar-refractivity contribution in [3.63, 3.8) is 0 Å². The molecule has 0 radical (unpaired) electrons. The van der Waals surface area contributed by atoms with Crippen LogP contribution in [0.5, 0.6) is 0 Å². The van der Waals surface area contributed by atoms with Gasteiger partial charge >= 0.3 is 0 Å². The third kappa shape index (κ3) is 3.91. The molecule has 3 heterocycles. The lowest BCUT2D eigenvalue weighted by molar-refractivity contribution is -0.127. The van der Waals surface area contributed by atoms with Crippen LogP contribution >= 0.6 is 0 Å². The maximum atomic E-state index is 11.6. The van der Waals surface area contributed by atoms with Crippen molar-refractivity contribution in [3.05, 3.63) is 11.6 Å². The highest BCUT2D eigenvalue weighted by molar-refractivity contribution is 5.77. The topological polar surface area (TPSA) is 63.1 Å². The van der Waals surface area contributed by atoms with E-state index >= 15 is 0 Å². The van der Waals surface area contributed by atoms with Crippen molar-refractivity contribution in [3.8, 4) is 0 Å². The molecule has 1 aromatic heterocycles. The van der Waals surface area contributed by atoms with Crippen LogP contribution in [0.1, 0.15) is 57.1 Å². The molecule has 1 aromatic rings. The zero-order valence-electron chi connectivity index (χ0n) is 14.4. The van der Waals surface area contributed by atoms with Crippen molar-refractivity contribution in [2.75, 3.05) is 26.2 Å². The van der Waals surface area contributed by atoms with E-state index in [2.05, 4.69) is 33.9 Å². The second-order valence-corrected chi connectivity index (χ2v) is 7.19. The number of rotatable bonds is 7. The molecule has 0 aliphatic carbocycles. The Hall–Kier alpha value is -1.43. The van der Waals surface area contributed by atoms with Gasteiger partial charge in [0.15, 0.2) is 0 Å². The molecule has 0 aromatic carbocycles. The van der Waals surface area contributed by atoms with Gasteiger partial charge in [0.2, 0.25) is 5.91 Å². The zero-order chi connectivity index (χ0) is 16.2. The van der Waals surface area contributed by atoms with Gasteiger partial charge in [-0.1, -0.05) is 13.8 Å². The summed E-state index contributed by atoms with van der Waals surface area (Å²) in [7, 11) is 0. The number of amides is 1. The predicted octanol–water partition coefficient (Wildman–Crippen LogP) is 1.57. The molecule has 0 bridgehead atoms. The van der Waals surface area contributed by atoms with Gasteiger partial charge in [0, 0.05) is 38.4 Å². The maximum Gasteiger partial charge on any atom is 0.222 e. The molecule has 0 unspecified atom stereocenters. The number of hydrogen-bond acceptors (Lipinski definition) is 4. The lowest BCUT2D eigenvalue weighted by Crippen LogP contribution is -2.33. The monoisotopic (exact) mass is 319 g/mol. The van der Waals surface area contributed by atoms with E-state index < -0.39 is 0 Å². The van der Waals surface area contributed by atoms with Crippen molar-refractivity contribution in [2.45, 2.75) is 58.4 Å². The molecule has 1 saturated heterocycles. The summed E-state index contributed by atoms with van der Waals surface area (Å²) in [5, 5.41) is 12.2. The van der Waals surface area contributed by atoms with Crippen LogP contribution in [0, 0.1) is 5.92 Å². The van der Waals surface area contributed by atoms with Crippen LogP contribution in [0.25, 0.3) is 0 Å². The number of aryl methyl sites for hydroxylation is 1. The third-order valence-corrected chi connectivity index (χ3v) is 4.98. The van der Waals surface area contributed by atoms with Gasteiger partial charge in [-0.05, 0) is 38.3 Å². The summed E-state index contributed by atoms with van der Waals surface area (Å²) in [6.45, 7) is 9.29. The molecule has 1 atom stereocenters. The molecule has 0 spiro atoms. The summed E-state index contributed by atoms with van der Waals surface area (Å²) in [5.41, 5.74) is 0. The van der Waals surface area contributed by atoms with Gasteiger partial charge in [0.1, 0.15) is 11.6 Å². The Bertz CT molecular complexity index is 539. The number of likely N-dealkylation sites (tertiary alicyclic amines) is 1. The molecular weight excluding hydrogens is 290 g/mol. The van der Waals surface area contributed by atoms with E-state index in [0.717, 1.165) is 70.1 Å². The number of nitrogens with zero attached hydrogens (tertiary/aromatic N) is 4. The van der Waals surface area contributed by atoms with Crippen LogP contribution in [0.3, 0.4) is 0 Å². The molecule has 0 saturated carbocycles. The number of fused-ring (bicyclic) bond motifs is 1. The van der Waals surface area contributed by atoms with Gasteiger partial charge in [-0.25, -0.2) is 0 Å². The highest BCUT2D eigenvalue weighted by atomic mass is 16.2. The van der Waals surface area contributed by atoms with Gasteiger partial charge in [-0.2, -0.15) is 0 Å². The van der Waals surface area contributed by atoms with Crippen LogP contribution in [-0.4, -0.2) is 51.8 Å². The number of hydrogen-bond donors (Lipinski definition) is 1. The van der Waals surface area contributed by atoms with Crippen LogP contribution < -0.4 is 5.32 Å². The minimum atomic E-state index is 0.332. The molecule has 2 aliphatic rings. The number of carbonyl (C=O) groups is 1. The molecule has 1 amide bonds. The van der Waals surface area contributed by atoms with Gasteiger partial charge in [0.25, 0.3) is 0 Å². The van der Waals surface area contributed by atoms with Crippen LogP contribution in [0.4, 0.5) is 0 Å². The van der Waals surface area contributed by atoms with Gasteiger partial charge in [0.05, 0.1) is 0 Å². The Morgan fingerprint density at radius 1 is 1.30 bits per heavy atom. The van der Waals surface area contributed by atoms with Gasteiger partial charge < -0.3 is 14.8 Å². The minimum absolute atomic E-state index is 0.332. The van der Waals surface area contributed by atoms with E-state index in [1.165, 1.54) is 6.42 Å². The second-order valence-electron chi connectivity index (χ2n) is 7.19. The Balaban J connectivity index is 1.38. The Labute approximate surface area is 138 Å². The SMILES string of the molecule is CC(C)c1nnc2n1C[C@@H](CNCCCN1CCCC1=O)CC2. The predicted molar refractivity (Wildman–Crippen MR) is 89.2 cm³/mol. The highest BCUT2D eigenvalue weighted by Gasteiger charge is 2.24. The largest absolute Gasteiger partial charge is 0.343 e. The van der Waals surface area contributed by atoms with Crippen molar-refractivity contribution in [1.82, 2.24) is 25.0 Å². The lowest BCUT2D eigenvalue weighted by Gasteiger charge is -2.25. The molecule has 1 fully saturated rings. The van der Waals surface area contributed by atoms with Crippen molar-refractivity contribution in [1.29, 1.82) is 0 Å². The van der Waals surface area contributed by atoms with E-state index in [9.17, 15) is 4.79 Å². The first-order chi connectivity index (χ1) is 11.1. The molecule has 2 aliphatic heterocycles. The minimum Gasteiger partial charge on any atom is -0.343 e. The Kier molecular flexibility index (Phi) is 5.30.